The second kappa shape index (κ2) is 6.70. The molecule has 1 aromatic carbocycles. The molecule has 2 amide bonds. The lowest BCUT2D eigenvalue weighted by atomic mass is 10.2. The summed E-state index contributed by atoms with van der Waals surface area (Å²) in [5.41, 5.74) is 0.179. The molecule has 0 N–H and O–H groups in total. The number of sulfone groups is 1. The van der Waals surface area contributed by atoms with Crippen LogP contribution in [0.15, 0.2) is 29.2 Å². The van der Waals surface area contributed by atoms with E-state index in [2.05, 4.69) is 0 Å². The largest absolute Gasteiger partial charge is 0.344 e. The normalized spacial score (nSPS) is 16.6. The van der Waals surface area contributed by atoms with E-state index in [1.807, 2.05) is 0 Å². The molecular formula is C16H22N2O4S. The fourth-order valence-electron chi connectivity index (χ4n) is 2.45. The summed E-state index contributed by atoms with van der Waals surface area (Å²) in [6.07, 6.45) is 0.251. The quantitative estimate of drug-likeness (QED) is 0.829. The van der Waals surface area contributed by atoms with Crippen molar-refractivity contribution in [3.8, 4) is 0 Å². The molecule has 0 aliphatic carbocycles. The van der Waals surface area contributed by atoms with Gasteiger partial charge in [-0.15, -0.1) is 0 Å². The van der Waals surface area contributed by atoms with Gasteiger partial charge in [0, 0.05) is 33.1 Å². The van der Waals surface area contributed by atoms with Crippen molar-refractivity contribution in [2.75, 3.05) is 26.7 Å². The summed E-state index contributed by atoms with van der Waals surface area (Å²) < 4.78 is 25.0. The number of carbonyl (C=O) groups is 2. The van der Waals surface area contributed by atoms with Gasteiger partial charge in [-0.05, 0) is 26.0 Å². The summed E-state index contributed by atoms with van der Waals surface area (Å²) in [6.45, 7) is 4.34. The molecule has 2 rings (SSSR count). The number of likely N-dealkylation sites (N-methyl/N-ethyl adjacent to an activating group) is 1. The van der Waals surface area contributed by atoms with Crippen LogP contribution >= 0.6 is 0 Å². The average Bonchev–Trinajstić information content (AvgIpc) is 2.69. The number of amides is 2. The Morgan fingerprint density at radius 2 is 1.78 bits per heavy atom. The van der Waals surface area contributed by atoms with Crippen LogP contribution in [0, 0.1) is 0 Å². The summed E-state index contributed by atoms with van der Waals surface area (Å²) in [4.78, 5) is 27.7. The van der Waals surface area contributed by atoms with Gasteiger partial charge in [0.05, 0.1) is 15.7 Å². The number of rotatable bonds is 3. The fraction of sp³-hybridized carbons (Fsp3) is 0.500. The van der Waals surface area contributed by atoms with Crippen LogP contribution in [0.4, 0.5) is 0 Å². The van der Waals surface area contributed by atoms with Crippen LogP contribution in [0.25, 0.3) is 0 Å². The lowest BCUT2D eigenvalue weighted by Gasteiger charge is -2.22. The van der Waals surface area contributed by atoms with Gasteiger partial charge in [-0.25, -0.2) is 8.42 Å². The van der Waals surface area contributed by atoms with E-state index in [0.717, 1.165) is 0 Å². The topological polar surface area (TPSA) is 74.8 Å². The molecule has 0 spiro atoms. The molecule has 6 nitrogen and oxygen atoms in total. The van der Waals surface area contributed by atoms with Gasteiger partial charge in [0.2, 0.25) is 5.91 Å². The van der Waals surface area contributed by atoms with Gasteiger partial charge in [-0.3, -0.25) is 9.59 Å². The van der Waals surface area contributed by atoms with Crippen molar-refractivity contribution in [2.24, 2.45) is 0 Å². The minimum Gasteiger partial charge on any atom is -0.344 e. The number of nitrogens with zero attached hydrogens (tertiary/aromatic N) is 2. The Morgan fingerprint density at radius 3 is 2.43 bits per heavy atom. The van der Waals surface area contributed by atoms with Crippen molar-refractivity contribution in [2.45, 2.75) is 30.4 Å². The third-order valence-electron chi connectivity index (χ3n) is 4.06. The summed E-state index contributed by atoms with van der Waals surface area (Å²) in [5, 5.41) is -0.603. The molecule has 1 aliphatic heterocycles. The summed E-state index contributed by atoms with van der Waals surface area (Å²) >= 11 is 0. The summed E-state index contributed by atoms with van der Waals surface area (Å²) in [6, 6.07) is 6.28. The van der Waals surface area contributed by atoms with Crippen molar-refractivity contribution in [3.63, 3.8) is 0 Å². The molecule has 1 aliphatic rings. The molecule has 0 bridgehead atoms. The number of carbonyl (C=O) groups excluding carboxylic acids is 2. The number of hydrogen-bond donors (Lipinski definition) is 0. The standard InChI is InChI=1S/C16H22N2O4S/c1-12(2)23(21,22)14-7-5-4-6-13(14)16(20)18-9-8-15(19)17(3)10-11-18/h4-7,12H,8-11H2,1-3H3. The highest BCUT2D eigenvalue weighted by molar-refractivity contribution is 7.92. The first-order valence-electron chi connectivity index (χ1n) is 7.61. The Morgan fingerprint density at radius 1 is 1.13 bits per heavy atom. The predicted octanol–water partition coefficient (Wildman–Crippen LogP) is 1.17. The van der Waals surface area contributed by atoms with Gasteiger partial charge in [0.25, 0.3) is 5.91 Å². The van der Waals surface area contributed by atoms with E-state index in [-0.39, 0.29) is 28.7 Å². The minimum atomic E-state index is -3.55. The van der Waals surface area contributed by atoms with Crippen molar-refractivity contribution >= 4 is 21.7 Å². The minimum absolute atomic E-state index is 0.0108. The molecule has 126 valence electrons. The van der Waals surface area contributed by atoms with E-state index in [9.17, 15) is 18.0 Å². The molecule has 7 heteroatoms. The van der Waals surface area contributed by atoms with Crippen molar-refractivity contribution in [3.05, 3.63) is 29.8 Å². The number of benzene rings is 1. The van der Waals surface area contributed by atoms with E-state index in [1.54, 1.807) is 42.8 Å². The highest BCUT2D eigenvalue weighted by Crippen LogP contribution is 2.22. The molecule has 0 radical (unpaired) electrons. The van der Waals surface area contributed by atoms with Crippen LogP contribution in [0.1, 0.15) is 30.6 Å². The Balaban J connectivity index is 2.36. The molecule has 1 fully saturated rings. The van der Waals surface area contributed by atoms with E-state index in [4.69, 9.17) is 0 Å². The summed E-state index contributed by atoms with van der Waals surface area (Å²) in [7, 11) is -1.84. The highest BCUT2D eigenvalue weighted by Gasteiger charge is 2.29. The smallest absolute Gasteiger partial charge is 0.255 e. The third kappa shape index (κ3) is 3.55. The zero-order valence-electron chi connectivity index (χ0n) is 13.7. The predicted molar refractivity (Wildman–Crippen MR) is 86.9 cm³/mol. The van der Waals surface area contributed by atoms with Crippen LogP contribution in [-0.4, -0.2) is 62.0 Å². The van der Waals surface area contributed by atoms with E-state index >= 15 is 0 Å². The molecule has 1 aromatic rings. The molecule has 0 aromatic heterocycles. The van der Waals surface area contributed by atoms with Crippen LogP contribution in [-0.2, 0) is 14.6 Å². The molecule has 0 saturated carbocycles. The van der Waals surface area contributed by atoms with E-state index in [1.165, 1.54) is 12.1 Å². The lowest BCUT2D eigenvalue weighted by molar-refractivity contribution is -0.129. The first kappa shape index (κ1) is 17.5. The molecule has 1 saturated heterocycles. The van der Waals surface area contributed by atoms with Gasteiger partial charge in [0.15, 0.2) is 9.84 Å². The maximum absolute atomic E-state index is 12.8. The Hall–Kier alpha value is -1.89. The maximum Gasteiger partial charge on any atom is 0.255 e. The Bertz CT molecular complexity index is 713. The zero-order valence-corrected chi connectivity index (χ0v) is 14.5. The van der Waals surface area contributed by atoms with Crippen LogP contribution in [0.5, 0.6) is 0 Å². The molecular weight excluding hydrogens is 316 g/mol. The second-order valence-corrected chi connectivity index (χ2v) is 8.42. The first-order chi connectivity index (χ1) is 10.7. The number of hydrogen-bond acceptors (Lipinski definition) is 4. The third-order valence-corrected chi connectivity index (χ3v) is 6.27. The van der Waals surface area contributed by atoms with Gasteiger partial charge >= 0.3 is 0 Å². The average molecular weight is 338 g/mol. The molecule has 1 heterocycles. The van der Waals surface area contributed by atoms with Gasteiger partial charge in [0.1, 0.15) is 0 Å². The molecule has 23 heavy (non-hydrogen) atoms. The Kier molecular flexibility index (Phi) is 5.09. The molecule has 0 unspecified atom stereocenters. The highest BCUT2D eigenvalue weighted by atomic mass is 32.2. The van der Waals surface area contributed by atoms with Gasteiger partial charge in [-0.1, -0.05) is 12.1 Å². The van der Waals surface area contributed by atoms with Gasteiger partial charge < -0.3 is 9.80 Å². The van der Waals surface area contributed by atoms with Crippen molar-refractivity contribution < 1.29 is 18.0 Å². The zero-order chi connectivity index (χ0) is 17.2. The second-order valence-electron chi connectivity index (χ2n) is 5.95. The summed E-state index contributed by atoms with van der Waals surface area (Å²) in [5.74, 6) is -0.351. The van der Waals surface area contributed by atoms with E-state index in [0.29, 0.717) is 19.6 Å². The van der Waals surface area contributed by atoms with Crippen LogP contribution < -0.4 is 0 Å². The maximum atomic E-state index is 12.8. The SMILES string of the molecule is CC(C)S(=O)(=O)c1ccccc1C(=O)N1CCC(=O)N(C)CC1. The van der Waals surface area contributed by atoms with E-state index < -0.39 is 15.1 Å². The lowest BCUT2D eigenvalue weighted by Crippen LogP contribution is -2.35. The Labute approximate surface area is 137 Å². The van der Waals surface area contributed by atoms with Crippen LogP contribution in [0.2, 0.25) is 0 Å². The van der Waals surface area contributed by atoms with Gasteiger partial charge in [-0.2, -0.15) is 0 Å². The van der Waals surface area contributed by atoms with Crippen LogP contribution in [0.3, 0.4) is 0 Å². The fourth-order valence-corrected chi connectivity index (χ4v) is 3.69. The monoisotopic (exact) mass is 338 g/mol. The van der Waals surface area contributed by atoms with Crippen molar-refractivity contribution in [1.29, 1.82) is 0 Å². The molecule has 0 atom stereocenters. The first-order valence-corrected chi connectivity index (χ1v) is 9.16. The van der Waals surface area contributed by atoms with Crippen molar-refractivity contribution in [1.82, 2.24) is 9.80 Å².